The van der Waals surface area contributed by atoms with E-state index in [9.17, 15) is 18.0 Å². The van der Waals surface area contributed by atoms with E-state index >= 15 is 0 Å². The van der Waals surface area contributed by atoms with E-state index in [4.69, 9.17) is 21.1 Å². The predicted octanol–water partition coefficient (Wildman–Crippen LogP) is 6.02. The first-order valence-electron chi connectivity index (χ1n) is 14.4. The highest BCUT2D eigenvalue weighted by molar-refractivity contribution is 7.92. The Labute approximate surface area is 256 Å². The van der Waals surface area contributed by atoms with E-state index in [1.807, 2.05) is 50.2 Å². The van der Waals surface area contributed by atoms with Gasteiger partial charge in [-0.15, -0.1) is 0 Å². The van der Waals surface area contributed by atoms with Crippen molar-refractivity contribution in [2.45, 2.75) is 50.5 Å². The first kappa shape index (κ1) is 30.8. The summed E-state index contributed by atoms with van der Waals surface area (Å²) in [6.07, 6.45) is 2.54. The van der Waals surface area contributed by atoms with Gasteiger partial charge in [-0.25, -0.2) is 8.42 Å². The number of aromatic amines is 1. The SMILES string of the molecule is Cc1cc(OCCCc2c(C(=O)CS(=O)(=O)c3cccc(C(=O)NC4CCOCC4)c3)[nH]c3ccccc23)cc(C)c1Cl. The number of H-pyrrole nitrogens is 1. The molecule has 0 atom stereocenters. The second-order valence-corrected chi connectivity index (χ2v) is 13.3. The summed E-state index contributed by atoms with van der Waals surface area (Å²) in [5.41, 5.74) is 3.90. The molecule has 0 unspecified atom stereocenters. The molecule has 0 bridgehead atoms. The average Bonchev–Trinajstić information content (AvgIpc) is 3.37. The number of carbonyl (C=O) groups excluding carboxylic acids is 2. The molecule has 0 aliphatic carbocycles. The van der Waals surface area contributed by atoms with Crippen LogP contribution in [0.25, 0.3) is 10.9 Å². The van der Waals surface area contributed by atoms with Crippen LogP contribution < -0.4 is 10.1 Å². The molecule has 5 rings (SSSR count). The molecule has 3 aromatic carbocycles. The Bertz CT molecular complexity index is 1740. The van der Waals surface area contributed by atoms with Crippen LogP contribution in [0, 0.1) is 13.8 Å². The minimum Gasteiger partial charge on any atom is -0.494 e. The summed E-state index contributed by atoms with van der Waals surface area (Å²) in [6, 6.07) is 17.1. The molecule has 1 aromatic heterocycles. The van der Waals surface area contributed by atoms with Crippen molar-refractivity contribution in [1.29, 1.82) is 0 Å². The van der Waals surface area contributed by atoms with Crippen LogP contribution >= 0.6 is 11.6 Å². The van der Waals surface area contributed by atoms with Crippen LogP contribution in [0.4, 0.5) is 0 Å². The Hall–Kier alpha value is -3.66. The van der Waals surface area contributed by atoms with E-state index in [2.05, 4.69) is 10.3 Å². The lowest BCUT2D eigenvalue weighted by Gasteiger charge is -2.23. The molecule has 1 aliphatic heterocycles. The van der Waals surface area contributed by atoms with E-state index in [1.54, 1.807) is 6.07 Å². The Morgan fingerprint density at radius 2 is 1.74 bits per heavy atom. The number of hydrogen-bond acceptors (Lipinski definition) is 6. The Morgan fingerprint density at radius 3 is 2.49 bits per heavy atom. The molecule has 1 fully saturated rings. The number of nitrogens with one attached hydrogen (secondary N) is 2. The molecule has 10 heteroatoms. The number of fused-ring (bicyclic) bond motifs is 1. The molecule has 226 valence electrons. The second kappa shape index (κ2) is 13.3. The number of hydrogen-bond donors (Lipinski definition) is 2. The van der Waals surface area contributed by atoms with Gasteiger partial charge < -0.3 is 19.8 Å². The van der Waals surface area contributed by atoms with E-state index in [-0.39, 0.29) is 28.1 Å². The molecule has 0 saturated carbocycles. The van der Waals surface area contributed by atoms with Gasteiger partial charge in [-0.2, -0.15) is 0 Å². The van der Waals surface area contributed by atoms with Gasteiger partial charge in [-0.05, 0) is 92.6 Å². The maximum absolute atomic E-state index is 13.5. The zero-order chi connectivity index (χ0) is 30.6. The lowest BCUT2D eigenvalue weighted by molar-refractivity contribution is 0.0696. The number of carbonyl (C=O) groups is 2. The number of ketones is 1. The van der Waals surface area contributed by atoms with Gasteiger partial charge in [0.25, 0.3) is 5.91 Å². The van der Waals surface area contributed by atoms with Gasteiger partial charge in [0.1, 0.15) is 11.5 Å². The Morgan fingerprint density at radius 1 is 1.02 bits per heavy atom. The molecule has 2 heterocycles. The van der Waals surface area contributed by atoms with Crippen molar-refractivity contribution in [3.8, 4) is 5.75 Å². The average molecular weight is 623 g/mol. The van der Waals surface area contributed by atoms with Crippen LogP contribution in [0.15, 0.2) is 65.6 Å². The van der Waals surface area contributed by atoms with Crippen molar-refractivity contribution in [2.24, 2.45) is 0 Å². The highest BCUT2D eigenvalue weighted by Crippen LogP contribution is 2.28. The van der Waals surface area contributed by atoms with Crippen molar-refractivity contribution in [2.75, 3.05) is 25.6 Å². The van der Waals surface area contributed by atoms with Crippen LogP contribution in [0.1, 0.15) is 56.8 Å². The first-order valence-corrected chi connectivity index (χ1v) is 16.4. The summed E-state index contributed by atoms with van der Waals surface area (Å²) >= 11 is 6.27. The summed E-state index contributed by atoms with van der Waals surface area (Å²) in [6.45, 7) is 5.42. The van der Waals surface area contributed by atoms with Gasteiger partial charge >= 0.3 is 0 Å². The fourth-order valence-corrected chi connectivity index (χ4v) is 6.75. The smallest absolute Gasteiger partial charge is 0.251 e. The van der Waals surface area contributed by atoms with E-state index < -0.39 is 21.4 Å². The third-order valence-corrected chi connectivity index (χ3v) is 9.89. The summed E-state index contributed by atoms with van der Waals surface area (Å²) in [4.78, 5) is 29.4. The van der Waals surface area contributed by atoms with Crippen LogP contribution in [0.3, 0.4) is 0 Å². The molecule has 1 saturated heterocycles. The van der Waals surface area contributed by atoms with Crippen molar-refractivity contribution >= 4 is 44.0 Å². The number of aryl methyl sites for hydroxylation is 3. The first-order chi connectivity index (χ1) is 20.6. The van der Waals surface area contributed by atoms with E-state index in [0.29, 0.717) is 50.5 Å². The van der Waals surface area contributed by atoms with Crippen LogP contribution in [0.5, 0.6) is 5.75 Å². The summed E-state index contributed by atoms with van der Waals surface area (Å²) in [7, 11) is -4.03. The Balaban J connectivity index is 1.29. The molecule has 0 spiro atoms. The Kier molecular flexibility index (Phi) is 9.54. The number of para-hydroxylation sites is 1. The van der Waals surface area contributed by atoms with Crippen molar-refractivity contribution in [1.82, 2.24) is 10.3 Å². The minimum atomic E-state index is -4.03. The molecule has 1 amide bonds. The van der Waals surface area contributed by atoms with E-state index in [1.165, 1.54) is 18.2 Å². The quantitative estimate of drug-likeness (QED) is 0.156. The number of sulfone groups is 1. The third-order valence-electron chi connectivity index (χ3n) is 7.68. The lowest BCUT2D eigenvalue weighted by atomic mass is 10.0. The fourth-order valence-electron chi connectivity index (χ4n) is 5.40. The summed E-state index contributed by atoms with van der Waals surface area (Å²) in [5.74, 6) is -0.880. The number of ether oxygens (including phenoxy) is 2. The van der Waals surface area contributed by atoms with E-state index in [0.717, 1.165) is 33.3 Å². The largest absolute Gasteiger partial charge is 0.494 e. The molecule has 4 aromatic rings. The zero-order valence-electron chi connectivity index (χ0n) is 24.2. The summed E-state index contributed by atoms with van der Waals surface area (Å²) in [5, 5.41) is 4.53. The van der Waals surface area contributed by atoms with Crippen molar-refractivity contribution in [3.05, 3.63) is 93.6 Å². The lowest BCUT2D eigenvalue weighted by Crippen LogP contribution is -2.38. The predicted molar refractivity (Wildman–Crippen MR) is 167 cm³/mol. The van der Waals surface area contributed by atoms with Crippen LogP contribution in [0.2, 0.25) is 5.02 Å². The molecule has 1 aliphatic rings. The molecule has 0 radical (unpaired) electrons. The molecule has 8 nitrogen and oxygen atoms in total. The van der Waals surface area contributed by atoms with Crippen LogP contribution in [-0.2, 0) is 21.0 Å². The number of halogens is 1. The highest BCUT2D eigenvalue weighted by Gasteiger charge is 2.26. The molecule has 2 N–H and O–H groups in total. The number of Topliss-reactive ketones (excluding diaryl/α,β-unsaturated/α-hetero) is 1. The van der Waals surface area contributed by atoms with Crippen molar-refractivity contribution in [3.63, 3.8) is 0 Å². The summed E-state index contributed by atoms with van der Waals surface area (Å²) < 4.78 is 38.1. The minimum absolute atomic E-state index is 0.0201. The normalized spacial score (nSPS) is 14.1. The van der Waals surface area contributed by atoms with Gasteiger partial charge in [0.2, 0.25) is 0 Å². The number of aromatic nitrogens is 1. The number of rotatable bonds is 11. The number of amides is 1. The zero-order valence-corrected chi connectivity index (χ0v) is 25.8. The van der Waals surface area contributed by atoms with Gasteiger partial charge in [0.05, 0.1) is 17.2 Å². The monoisotopic (exact) mass is 622 g/mol. The van der Waals surface area contributed by atoms with Gasteiger partial charge in [0, 0.05) is 40.7 Å². The molecule has 43 heavy (non-hydrogen) atoms. The highest BCUT2D eigenvalue weighted by atomic mass is 35.5. The molecular weight excluding hydrogens is 588 g/mol. The second-order valence-electron chi connectivity index (χ2n) is 10.9. The van der Waals surface area contributed by atoms with Crippen molar-refractivity contribution < 1.29 is 27.5 Å². The maximum Gasteiger partial charge on any atom is 0.251 e. The maximum atomic E-state index is 13.5. The van der Waals surface area contributed by atoms with Gasteiger partial charge in [-0.3, -0.25) is 9.59 Å². The fraction of sp³-hybridized carbons (Fsp3) is 0.333. The van der Waals surface area contributed by atoms with Gasteiger partial charge in [-0.1, -0.05) is 35.9 Å². The number of benzene rings is 3. The topological polar surface area (TPSA) is 115 Å². The standard InChI is InChI=1S/C33H35ClN2O6S/c1-21-17-25(18-22(2)31(21)34)42-14-6-10-28-27-9-3-4-11-29(27)36-32(28)30(37)20-43(39,40)26-8-5-7-23(19-26)33(38)35-24-12-15-41-16-13-24/h3-5,7-9,11,17-19,24,36H,6,10,12-16,20H2,1-2H3,(H,35,38). The molecular formula is C33H35ClN2O6S. The van der Waals surface area contributed by atoms with Crippen LogP contribution in [-0.4, -0.2) is 56.7 Å². The third kappa shape index (κ3) is 7.29. The van der Waals surface area contributed by atoms with Gasteiger partial charge in [0.15, 0.2) is 15.6 Å².